The van der Waals surface area contributed by atoms with E-state index < -0.39 is 13.8 Å². The lowest BCUT2D eigenvalue weighted by molar-refractivity contribution is -0.122. The van der Waals surface area contributed by atoms with Crippen LogP contribution < -0.4 is 4.90 Å². The molecule has 0 aromatic heterocycles. The van der Waals surface area contributed by atoms with Crippen LogP contribution in [0.3, 0.4) is 0 Å². The van der Waals surface area contributed by atoms with E-state index in [4.69, 9.17) is 22.0 Å². The third kappa shape index (κ3) is 4.59. The maximum atomic E-state index is 12.5. The maximum absolute atomic E-state index is 12.5. The van der Waals surface area contributed by atoms with Crippen molar-refractivity contribution in [3.8, 4) is 0 Å². The number of rotatable bonds is 5. The molecule has 0 saturated carbocycles. The molecule has 2 aliphatic rings. The molecule has 0 spiro atoms. The standard InChI is InChI=1S/C18H19N2O4PS2/c1-2-19-10-9-13(14-5-3-4-6-15(14)19)7-8-16-17(21)20(18(26)27-16)11-12-25(22,23)24/h3-10H,2,11-12H2,1H3,(H2,22,23,24). The number of nitrogens with zero attached hydrogens (tertiary/aromatic N) is 2. The van der Waals surface area contributed by atoms with Gasteiger partial charge in [-0.1, -0.05) is 48.3 Å². The monoisotopic (exact) mass is 422 g/mol. The highest BCUT2D eigenvalue weighted by molar-refractivity contribution is 8.26. The van der Waals surface area contributed by atoms with Gasteiger partial charge >= 0.3 is 7.60 Å². The predicted octanol–water partition coefficient (Wildman–Crippen LogP) is 3.35. The number of allylic oxidation sites excluding steroid dienone is 4. The third-order valence-corrected chi connectivity index (χ3v) is 6.38. The highest BCUT2D eigenvalue weighted by Crippen LogP contribution is 2.37. The van der Waals surface area contributed by atoms with E-state index in [1.807, 2.05) is 36.6 Å². The molecule has 27 heavy (non-hydrogen) atoms. The summed E-state index contributed by atoms with van der Waals surface area (Å²) in [5, 5.41) is 0. The average molecular weight is 422 g/mol. The van der Waals surface area contributed by atoms with Crippen LogP contribution in [-0.2, 0) is 9.36 Å². The smallest absolute Gasteiger partial charge is 0.327 e. The summed E-state index contributed by atoms with van der Waals surface area (Å²) in [5.41, 5.74) is 3.17. The normalized spacial score (nSPS) is 20.1. The second-order valence-corrected chi connectivity index (χ2v) is 9.44. The Kier molecular flexibility index (Phi) is 6.03. The number of carbonyl (C=O) groups is 1. The Morgan fingerprint density at radius 1 is 1.26 bits per heavy atom. The number of thiocarbonyl (C=S) groups is 1. The minimum absolute atomic E-state index is 0.0863. The predicted molar refractivity (Wildman–Crippen MR) is 113 cm³/mol. The number of thioether (sulfide) groups is 1. The van der Waals surface area contributed by atoms with Gasteiger partial charge in [-0.3, -0.25) is 14.3 Å². The van der Waals surface area contributed by atoms with E-state index in [1.54, 1.807) is 6.08 Å². The van der Waals surface area contributed by atoms with Crippen molar-refractivity contribution in [3.63, 3.8) is 0 Å². The van der Waals surface area contributed by atoms with Crippen LogP contribution in [0, 0.1) is 0 Å². The number of amides is 1. The molecule has 1 aromatic carbocycles. The van der Waals surface area contributed by atoms with Gasteiger partial charge in [-0.05, 0) is 30.7 Å². The number of hydrogen-bond acceptors (Lipinski definition) is 5. The molecule has 0 unspecified atom stereocenters. The first kappa shape index (κ1) is 20.0. The second-order valence-electron chi connectivity index (χ2n) is 5.98. The highest BCUT2D eigenvalue weighted by Gasteiger charge is 2.32. The molecule has 1 aromatic rings. The molecule has 2 N–H and O–H groups in total. The molecule has 142 valence electrons. The van der Waals surface area contributed by atoms with Gasteiger partial charge in [-0.25, -0.2) is 0 Å². The number of carbonyl (C=O) groups excluding carboxylic acids is 1. The minimum Gasteiger partial charge on any atom is -0.348 e. The van der Waals surface area contributed by atoms with Gasteiger partial charge in [0.25, 0.3) is 5.91 Å². The molecule has 0 aliphatic carbocycles. The molecular weight excluding hydrogens is 403 g/mol. The van der Waals surface area contributed by atoms with E-state index in [-0.39, 0.29) is 12.5 Å². The van der Waals surface area contributed by atoms with Crippen molar-refractivity contribution in [2.75, 3.05) is 24.2 Å². The van der Waals surface area contributed by atoms with Gasteiger partial charge in [0.1, 0.15) is 4.32 Å². The summed E-state index contributed by atoms with van der Waals surface area (Å²) in [6.45, 7) is 2.86. The summed E-state index contributed by atoms with van der Waals surface area (Å²) in [7, 11) is -4.18. The summed E-state index contributed by atoms with van der Waals surface area (Å²) in [4.78, 5) is 34.4. The van der Waals surface area contributed by atoms with Crippen molar-refractivity contribution >= 4 is 53.1 Å². The summed E-state index contributed by atoms with van der Waals surface area (Å²) in [5.74, 6) is -0.321. The number of anilines is 1. The fraction of sp³-hybridized carbons (Fsp3) is 0.222. The Balaban J connectivity index is 1.83. The average Bonchev–Trinajstić information content (AvgIpc) is 2.90. The zero-order valence-corrected chi connectivity index (χ0v) is 17.1. The molecule has 2 aliphatic heterocycles. The van der Waals surface area contributed by atoms with E-state index in [1.165, 1.54) is 4.90 Å². The maximum Gasteiger partial charge on any atom is 0.327 e. The van der Waals surface area contributed by atoms with E-state index >= 15 is 0 Å². The lowest BCUT2D eigenvalue weighted by Crippen LogP contribution is -2.30. The van der Waals surface area contributed by atoms with Crippen LogP contribution in [0.15, 0.2) is 53.6 Å². The molecule has 2 heterocycles. The molecule has 9 heteroatoms. The molecule has 0 atom stereocenters. The SMILES string of the molecule is CCN1C=CC(=CC=C2SC(=S)N(CCP(=O)(O)O)C2=O)c2ccccc21. The van der Waals surface area contributed by atoms with Gasteiger partial charge in [-0.2, -0.15) is 0 Å². The highest BCUT2D eigenvalue weighted by atomic mass is 32.2. The van der Waals surface area contributed by atoms with Crippen molar-refractivity contribution in [3.05, 3.63) is 59.2 Å². The zero-order chi connectivity index (χ0) is 19.6. The van der Waals surface area contributed by atoms with Gasteiger partial charge in [0.2, 0.25) is 0 Å². The molecule has 0 bridgehead atoms. The van der Waals surface area contributed by atoms with Crippen LogP contribution in [0.5, 0.6) is 0 Å². The summed E-state index contributed by atoms with van der Waals surface area (Å²) in [6, 6.07) is 8.05. The van der Waals surface area contributed by atoms with Gasteiger partial charge in [0, 0.05) is 30.5 Å². The first-order valence-electron chi connectivity index (χ1n) is 8.34. The van der Waals surface area contributed by atoms with Crippen LogP contribution in [0.1, 0.15) is 12.5 Å². The number of benzene rings is 1. The van der Waals surface area contributed by atoms with Crippen molar-refractivity contribution in [2.45, 2.75) is 6.92 Å². The number of para-hydroxylation sites is 1. The van der Waals surface area contributed by atoms with Crippen molar-refractivity contribution < 1.29 is 19.1 Å². The quantitative estimate of drug-likeness (QED) is 0.428. The van der Waals surface area contributed by atoms with Crippen molar-refractivity contribution in [1.82, 2.24) is 4.90 Å². The minimum atomic E-state index is -4.18. The molecule has 3 rings (SSSR count). The first-order valence-corrected chi connectivity index (χ1v) is 11.4. The first-order chi connectivity index (χ1) is 12.8. The Hall–Kier alpha value is -1.70. The van der Waals surface area contributed by atoms with E-state index in [0.717, 1.165) is 35.1 Å². The van der Waals surface area contributed by atoms with Crippen LogP contribution in [0.2, 0.25) is 0 Å². The topological polar surface area (TPSA) is 81.1 Å². The van der Waals surface area contributed by atoms with Gasteiger partial charge in [0.15, 0.2) is 0 Å². The Morgan fingerprint density at radius 2 is 2.00 bits per heavy atom. The van der Waals surface area contributed by atoms with Crippen LogP contribution in [0.4, 0.5) is 5.69 Å². The lowest BCUT2D eigenvalue weighted by atomic mass is 9.99. The zero-order valence-electron chi connectivity index (χ0n) is 14.6. The van der Waals surface area contributed by atoms with E-state index in [0.29, 0.717) is 9.23 Å². The van der Waals surface area contributed by atoms with Crippen LogP contribution in [0.25, 0.3) is 5.57 Å². The summed E-state index contributed by atoms with van der Waals surface area (Å²) >= 11 is 6.32. The lowest BCUT2D eigenvalue weighted by Gasteiger charge is -2.26. The number of hydrogen-bond donors (Lipinski definition) is 2. The molecule has 0 radical (unpaired) electrons. The van der Waals surface area contributed by atoms with E-state index in [2.05, 4.69) is 17.9 Å². The third-order valence-electron chi connectivity index (χ3n) is 4.20. The largest absolute Gasteiger partial charge is 0.348 e. The molecule has 1 amide bonds. The van der Waals surface area contributed by atoms with Gasteiger partial charge < -0.3 is 14.7 Å². The fourth-order valence-corrected chi connectivity index (χ4v) is 4.54. The Bertz CT molecular complexity index is 920. The second kappa shape index (κ2) is 8.12. The number of fused-ring (bicyclic) bond motifs is 1. The molecular formula is C18H19N2O4PS2. The molecule has 6 nitrogen and oxygen atoms in total. The summed E-state index contributed by atoms with van der Waals surface area (Å²) in [6.07, 6.45) is 7.19. The summed E-state index contributed by atoms with van der Waals surface area (Å²) < 4.78 is 11.4. The van der Waals surface area contributed by atoms with Crippen molar-refractivity contribution in [1.29, 1.82) is 0 Å². The molecule has 1 saturated heterocycles. The van der Waals surface area contributed by atoms with Crippen LogP contribution >= 0.6 is 31.6 Å². The van der Waals surface area contributed by atoms with E-state index in [9.17, 15) is 9.36 Å². The van der Waals surface area contributed by atoms with Gasteiger partial charge in [-0.15, -0.1) is 0 Å². The molecule has 1 fully saturated rings. The Labute approximate surface area is 167 Å². The Morgan fingerprint density at radius 3 is 2.70 bits per heavy atom. The van der Waals surface area contributed by atoms with Crippen molar-refractivity contribution in [2.24, 2.45) is 0 Å². The van der Waals surface area contributed by atoms with Crippen LogP contribution in [-0.4, -0.2) is 44.2 Å². The fourth-order valence-electron chi connectivity index (χ4n) is 2.83. The van der Waals surface area contributed by atoms with Gasteiger partial charge in [0.05, 0.1) is 11.1 Å².